The lowest BCUT2D eigenvalue weighted by molar-refractivity contribution is -0.122. The normalized spacial score (nSPS) is 12.8. The highest BCUT2D eigenvalue weighted by Crippen LogP contribution is 2.06. The van der Waals surface area contributed by atoms with Crippen molar-refractivity contribution in [3.63, 3.8) is 0 Å². The molecular weight excluding hydrogens is 268 g/mol. The van der Waals surface area contributed by atoms with Crippen LogP contribution in [-0.4, -0.2) is 26.1 Å². The third-order valence-corrected chi connectivity index (χ3v) is 3.37. The molecule has 0 bridgehead atoms. The van der Waals surface area contributed by atoms with E-state index in [1.165, 1.54) is 9.08 Å². The van der Waals surface area contributed by atoms with Crippen molar-refractivity contribution in [3.8, 4) is 0 Å². The van der Waals surface area contributed by atoms with Gasteiger partial charge in [0.1, 0.15) is 6.54 Å². The average molecular weight is 290 g/mol. The van der Waals surface area contributed by atoms with E-state index in [0.717, 1.165) is 12.8 Å². The van der Waals surface area contributed by atoms with E-state index < -0.39 is 0 Å². The van der Waals surface area contributed by atoms with Crippen LogP contribution in [-0.2, 0) is 11.3 Å². The summed E-state index contributed by atoms with van der Waals surface area (Å²) in [6.45, 7) is 6.24. The maximum Gasteiger partial charge on any atom is 0.350 e. The molecule has 0 aliphatic rings. The van der Waals surface area contributed by atoms with Gasteiger partial charge in [-0.15, -0.1) is 5.10 Å². The summed E-state index contributed by atoms with van der Waals surface area (Å²) >= 11 is 0. The summed E-state index contributed by atoms with van der Waals surface area (Å²) in [5, 5.41) is 7.05. The fraction of sp³-hybridized carbons (Fsp3) is 0.533. The standard InChI is InChI=1S/C15H22N4O2/c1-11(2)7-8-12(3)16-14(20)10-19-15(21)18-9-5-4-6-13(18)17-19/h4-6,9,11-12H,7-8,10H2,1-3H3,(H,16,20). The summed E-state index contributed by atoms with van der Waals surface area (Å²) in [7, 11) is 0. The van der Waals surface area contributed by atoms with Gasteiger partial charge in [0.15, 0.2) is 5.65 Å². The van der Waals surface area contributed by atoms with E-state index in [4.69, 9.17) is 0 Å². The first kappa shape index (κ1) is 15.3. The van der Waals surface area contributed by atoms with E-state index in [0.29, 0.717) is 11.6 Å². The number of pyridine rings is 1. The smallest absolute Gasteiger partial charge is 0.350 e. The molecule has 0 aliphatic carbocycles. The quantitative estimate of drug-likeness (QED) is 0.875. The lowest BCUT2D eigenvalue weighted by Gasteiger charge is -2.14. The van der Waals surface area contributed by atoms with E-state index in [2.05, 4.69) is 24.3 Å². The molecule has 0 saturated heterocycles. The second-order valence-electron chi connectivity index (χ2n) is 5.81. The number of hydrogen-bond acceptors (Lipinski definition) is 3. The van der Waals surface area contributed by atoms with Crippen molar-refractivity contribution >= 4 is 11.6 Å². The van der Waals surface area contributed by atoms with Gasteiger partial charge in [0, 0.05) is 12.2 Å². The number of aromatic nitrogens is 3. The Morgan fingerprint density at radius 1 is 1.29 bits per heavy atom. The molecule has 0 saturated carbocycles. The van der Waals surface area contributed by atoms with Crippen LogP contribution in [0.25, 0.3) is 5.65 Å². The van der Waals surface area contributed by atoms with Gasteiger partial charge >= 0.3 is 5.69 Å². The van der Waals surface area contributed by atoms with Crippen LogP contribution in [0.4, 0.5) is 0 Å². The van der Waals surface area contributed by atoms with Gasteiger partial charge in [-0.05, 0) is 37.8 Å². The second kappa shape index (κ2) is 6.56. The van der Waals surface area contributed by atoms with Crippen LogP contribution in [0.15, 0.2) is 29.2 Å². The van der Waals surface area contributed by atoms with Crippen LogP contribution in [0.5, 0.6) is 0 Å². The summed E-state index contributed by atoms with van der Waals surface area (Å²) in [5.41, 5.74) is 0.249. The fourth-order valence-corrected chi connectivity index (χ4v) is 2.18. The van der Waals surface area contributed by atoms with Gasteiger partial charge in [0.25, 0.3) is 0 Å². The molecule has 114 valence electrons. The molecule has 2 aromatic rings. The molecule has 1 amide bonds. The Bertz CT molecular complexity index is 672. The number of amides is 1. The lowest BCUT2D eigenvalue weighted by Crippen LogP contribution is -2.37. The van der Waals surface area contributed by atoms with E-state index in [9.17, 15) is 9.59 Å². The Morgan fingerprint density at radius 2 is 2.05 bits per heavy atom. The van der Waals surface area contributed by atoms with Gasteiger partial charge in [-0.1, -0.05) is 19.9 Å². The number of nitrogens with zero attached hydrogens (tertiary/aromatic N) is 3. The number of carbonyl (C=O) groups excluding carboxylic acids is 1. The van der Waals surface area contributed by atoms with Crippen LogP contribution in [0.3, 0.4) is 0 Å². The fourth-order valence-electron chi connectivity index (χ4n) is 2.18. The number of fused-ring (bicyclic) bond motifs is 1. The molecule has 0 spiro atoms. The third-order valence-electron chi connectivity index (χ3n) is 3.37. The summed E-state index contributed by atoms with van der Waals surface area (Å²) in [5.74, 6) is 0.433. The number of rotatable bonds is 6. The zero-order valence-electron chi connectivity index (χ0n) is 12.7. The number of nitrogens with one attached hydrogen (secondary N) is 1. The summed E-state index contributed by atoms with van der Waals surface area (Å²) in [4.78, 5) is 24.0. The van der Waals surface area contributed by atoms with E-state index in [-0.39, 0.29) is 24.2 Å². The highest BCUT2D eigenvalue weighted by molar-refractivity contribution is 5.75. The molecule has 6 nitrogen and oxygen atoms in total. The molecule has 0 aliphatic heterocycles. The number of carbonyl (C=O) groups is 1. The van der Waals surface area contributed by atoms with Crippen LogP contribution < -0.4 is 11.0 Å². The zero-order chi connectivity index (χ0) is 15.4. The van der Waals surface area contributed by atoms with E-state index in [1.807, 2.05) is 6.92 Å². The second-order valence-corrected chi connectivity index (χ2v) is 5.81. The van der Waals surface area contributed by atoms with Crippen LogP contribution >= 0.6 is 0 Å². The molecule has 21 heavy (non-hydrogen) atoms. The number of hydrogen-bond donors (Lipinski definition) is 1. The first-order chi connectivity index (χ1) is 9.97. The van der Waals surface area contributed by atoms with Crippen molar-refractivity contribution in [2.24, 2.45) is 5.92 Å². The molecule has 0 fully saturated rings. The van der Waals surface area contributed by atoms with Crippen LogP contribution in [0.1, 0.15) is 33.6 Å². The lowest BCUT2D eigenvalue weighted by atomic mass is 10.0. The highest BCUT2D eigenvalue weighted by Gasteiger charge is 2.12. The molecule has 2 aromatic heterocycles. The Balaban J connectivity index is 1.98. The van der Waals surface area contributed by atoms with Gasteiger partial charge in [-0.2, -0.15) is 0 Å². The van der Waals surface area contributed by atoms with Crippen molar-refractivity contribution in [2.45, 2.75) is 46.2 Å². The summed E-state index contributed by atoms with van der Waals surface area (Å²) in [6.07, 6.45) is 3.64. The molecule has 0 aromatic carbocycles. The molecule has 0 radical (unpaired) electrons. The first-order valence-electron chi connectivity index (χ1n) is 7.31. The third kappa shape index (κ3) is 3.93. The van der Waals surface area contributed by atoms with E-state index in [1.54, 1.807) is 24.4 Å². The molecular formula is C15H22N4O2. The first-order valence-corrected chi connectivity index (χ1v) is 7.31. The molecule has 1 N–H and O–H groups in total. The Morgan fingerprint density at radius 3 is 2.71 bits per heavy atom. The van der Waals surface area contributed by atoms with Crippen molar-refractivity contribution in [3.05, 3.63) is 34.9 Å². The average Bonchev–Trinajstić information content (AvgIpc) is 2.73. The summed E-state index contributed by atoms with van der Waals surface area (Å²) < 4.78 is 2.62. The van der Waals surface area contributed by atoms with Gasteiger partial charge in [-0.3, -0.25) is 9.20 Å². The SMILES string of the molecule is CC(C)CCC(C)NC(=O)Cn1nc2ccccn2c1=O. The molecule has 1 unspecified atom stereocenters. The van der Waals surface area contributed by atoms with Crippen molar-refractivity contribution < 1.29 is 4.79 Å². The molecule has 6 heteroatoms. The highest BCUT2D eigenvalue weighted by atomic mass is 16.2. The molecule has 1 atom stereocenters. The Labute approximate surface area is 123 Å². The maximum atomic E-state index is 12.0. The zero-order valence-corrected chi connectivity index (χ0v) is 12.7. The minimum atomic E-state index is -0.296. The topological polar surface area (TPSA) is 68.4 Å². The van der Waals surface area contributed by atoms with Gasteiger partial charge in [0.05, 0.1) is 0 Å². The van der Waals surface area contributed by atoms with Crippen LogP contribution in [0.2, 0.25) is 0 Å². The van der Waals surface area contributed by atoms with Crippen LogP contribution in [0, 0.1) is 5.92 Å². The predicted octanol–water partition coefficient (Wildman–Crippen LogP) is 1.44. The molecule has 2 rings (SSSR count). The van der Waals surface area contributed by atoms with Crippen molar-refractivity contribution in [1.29, 1.82) is 0 Å². The van der Waals surface area contributed by atoms with Gasteiger partial charge in [-0.25, -0.2) is 9.48 Å². The van der Waals surface area contributed by atoms with Crippen molar-refractivity contribution in [1.82, 2.24) is 19.5 Å². The predicted molar refractivity (Wildman–Crippen MR) is 81.1 cm³/mol. The van der Waals surface area contributed by atoms with Gasteiger partial charge in [0.2, 0.25) is 5.91 Å². The maximum absolute atomic E-state index is 12.0. The monoisotopic (exact) mass is 290 g/mol. The summed E-state index contributed by atoms with van der Waals surface area (Å²) in [6, 6.07) is 5.41. The van der Waals surface area contributed by atoms with Crippen molar-refractivity contribution in [2.75, 3.05) is 0 Å². The minimum absolute atomic E-state index is 0.0491. The van der Waals surface area contributed by atoms with Gasteiger partial charge < -0.3 is 5.32 Å². The largest absolute Gasteiger partial charge is 0.352 e. The Kier molecular flexibility index (Phi) is 4.77. The minimum Gasteiger partial charge on any atom is -0.352 e. The molecule has 2 heterocycles. The Hall–Kier alpha value is -2.11. The van der Waals surface area contributed by atoms with E-state index >= 15 is 0 Å².